The van der Waals surface area contributed by atoms with E-state index in [0.717, 1.165) is 55.7 Å². The number of nitrogens with zero attached hydrogens (tertiary/aromatic N) is 4. The SMILES string of the molecule is Cc1c(-c2ccncc2)cncc1-c1ccc2[nH]nc(-c3nc4ccccc4[nH]3)c2c1. The zero-order chi connectivity index (χ0) is 20.8. The van der Waals surface area contributed by atoms with E-state index >= 15 is 0 Å². The first-order valence-corrected chi connectivity index (χ1v) is 10.1. The van der Waals surface area contributed by atoms with Crippen molar-refractivity contribution in [2.45, 2.75) is 6.92 Å². The largest absolute Gasteiger partial charge is 0.337 e. The van der Waals surface area contributed by atoms with Crippen LogP contribution in [0.15, 0.2) is 79.4 Å². The Labute approximate surface area is 178 Å². The van der Waals surface area contributed by atoms with Crippen molar-refractivity contribution in [3.05, 3.63) is 84.9 Å². The third-order valence-corrected chi connectivity index (χ3v) is 5.69. The molecule has 0 amide bonds. The molecular weight excluding hydrogens is 384 g/mol. The second-order valence-corrected chi connectivity index (χ2v) is 7.53. The normalized spacial score (nSPS) is 11.4. The van der Waals surface area contributed by atoms with E-state index in [1.54, 1.807) is 12.4 Å². The van der Waals surface area contributed by atoms with Crippen molar-refractivity contribution in [2.24, 2.45) is 0 Å². The van der Waals surface area contributed by atoms with Crippen molar-refractivity contribution in [1.29, 1.82) is 0 Å². The van der Waals surface area contributed by atoms with E-state index in [2.05, 4.69) is 50.3 Å². The van der Waals surface area contributed by atoms with Gasteiger partial charge in [-0.05, 0) is 60.0 Å². The fourth-order valence-corrected chi connectivity index (χ4v) is 4.07. The summed E-state index contributed by atoms with van der Waals surface area (Å²) in [6, 6.07) is 18.3. The van der Waals surface area contributed by atoms with Crippen LogP contribution >= 0.6 is 0 Å². The fourth-order valence-electron chi connectivity index (χ4n) is 4.07. The molecule has 148 valence electrons. The van der Waals surface area contributed by atoms with Crippen LogP contribution in [0.25, 0.3) is 55.7 Å². The van der Waals surface area contributed by atoms with Gasteiger partial charge < -0.3 is 4.98 Å². The van der Waals surface area contributed by atoms with Gasteiger partial charge in [-0.25, -0.2) is 4.98 Å². The molecule has 0 spiro atoms. The number of pyridine rings is 2. The molecule has 0 aliphatic rings. The van der Waals surface area contributed by atoms with Crippen molar-refractivity contribution in [2.75, 3.05) is 0 Å². The Morgan fingerprint density at radius 2 is 1.58 bits per heavy atom. The van der Waals surface area contributed by atoms with Crippen LogP contribution in [0, 0.1) is 6.92 Å². The van der Waals surface area contributed by atoms with Gasteiger partial charge in [0.25, 0.3) is 0 Å². The van der Waals surface area contributed by atoms with Crippen LogP contribution in [0.1, 0.15) is 5.56 Å². The number of nitrogens with one attached hydrogen (secondary N) is 2. The first kappa shape index (κ1) is 17.5. The lowest BCUT2D eigenvalue weighted by atomic mass is 9.95. The van der Waals surface area contributed by atoms with Crippen LogP contribution in [-0.4, -0.2) is 30.1 Å². The van der Waals surface area contributed by atoms with Gasteiger partial charge in [-0.1, -0.05) is 18.2 Å². The summed E-state index contributed by atoms with van der Waals surface area (Å²) in [5.41, 5.74) is 9.26. The lowest BCUT2D eigenvalue weighted by Gasteiger charge is -2.11. The van der Waals surface area contributed by atoms with Crippen LogP contribution in [0.5, 0.6) is 0 Å². The minimum absolute atomic E-state index is 0.755. The van der Waals surface area contributed by atoms with Crippen LogP contribution in [0.4, 0.5) is 0 Å². The van der Waals surface area contributed by atoms with Crippen LogP contribution in [-0.2, 0) is 0 Å². The van der Waals surface area contributed by atoms with Gasteiger partial charge in [0.2, 0.25) is 0 Å². The van der Waals surface area contributed by atoms with Gasteiger partial charge in [0, 0.05) is 41.3 Å². The van der Waals surface area contributed by atoms with Gasteiger partial charge in [-0.15, -0.1) is 0 Å². The van der Waals surface area contributed by atoms with Crippen LogP contribution < -0.4 is 0 Å². The summed E-state index contributed by atoms with van der Waals surface area (Å²) < 4.78 is 0. The molecule has 0 saturated carbocycles. The standard InChI is InChI=1S/C25H18N6/c1-15-19(16-8-10-26-11-9-16)13-27-14-20(15)17-6-7-21-18(12-17)24(31-30-21)25-28-22-4-2-3-5-23(22)29-25/h2-14H,1H3,(H,28,29)(H,30,31). The monoisotopic (exact) mass is 402 g/mol. The predicted octanol–water partition coefficient (Wildman–Crippen LogP) is 5.54. The molecule has 0 atom stereocenters. The summed E-state index contributed by atoms with van der Waals surface area (Å²) in [7, 11) is 0. The molecule has 4 aromatic heterocycles. The molecule has 6 aromatic rings. The molecule has 31 heavy (non-hydrogen) atoms. The number of rotatable bonds is 3. The minimum atomic E-state index is 0.755. The number of imidazole rings is 1. The Bertz CT molecular complexity index is 1510. The third-order valence-electron chi connectivity index (χ3n) is 5.69. The van der Waals surface area contributed by atoms with E-state index in [9.17, 15) is 0 Å². The fraction of sp³-hybridized carbons (Fsp3) is 0.0400. The first-order valence-electron chi connectivity index (χ1n) is 10.1. The third kappa shape index (κ3) is 2.88. The number of hydrogen-bond donors (Lipinski definition) is 2. The van der Waals surface area contributed by atoms with E-state index < -0.39 is 0 Å². The maximum atomic E-state index is 4.72. The van der Waals surface area contributed by atoms with Crippen molar-refractivity contribution in [3.8, 4) is 33.8 Å². The summed E-state index contributed by atoms with van der Waals surface area (Å²) in [5.74, 6) is 0.755. The number of H-pyrrole nitrogens is 2. The number of aromatic nitrogens is 6. The highest BCUT2D eigenvalue weighted by Crippen LogP contribution is 2.34. The number of benzene rings is 2. The van der Waals surface area contributed by atoms with Crippen molar-refractivity contribution in [3.63, 3.8) is 0 Å². The smallest absolute Gasteiger partial charge is 0.159 e. The highest BCUT2D eigenvalue weighted by atomic mass is 15.1. The second kappa shape index (κ2) is 6.88. The Hall–Kier alpha value is -4.32. The second-order valence-electron chi connectivity index (χ2n) is 7.53. The van der Waals surface area contributed by atoms with E-state index in [0.29, 0.717) is 0 Å². The summed E-state index contributed by atoms with van der Waals surface area (Å²) in [5, 5.41) is 8.69. The number of fused-ring (bicyclic) bond motifs is 2. The average molecular weight is 402 g/mol. The molecule has 0 aliphatic heterocycles. The maximum Gasteiger partial charge on any atom is 0.159 e. The molecular formula is C25H18N6. The Morgan fingerprint density at radius 1 is 0.774 bits per heavy atom. The molecule has 0 radical (unpaired) electrons. The van der Waals surface area contributed by atoms with E-state index in [-0.39, 0.29) is 0 Å². The van der Waals surface area contributed by atoms with E-state index in [1.165, 1.54) is 5.56 Å². The molecule has 6 rings (SSSR count). The number of aromatic amines is 2. The molecule has 2 aromatic carbocycles. The van der Waals surface area contributed by atoms with Crippen molar-refractivity contribution < 1.29 is 0 Å². The molecule has 6 nitrogen and oxygen atoms in total. The predicted molar refractivity (Wildman–Crippen MR) is 122 cm³/mol. The zero-order valence-corrected chi connectivity index (χ0v) is 16.8. The van der Waals surface area contributed by atoms with E-state index in [4.69, 9.17) is 4.98 Å². The number of hydrogen-bond acceptors (Lipinski definition) is 4. The average Bonchev–Trinajstić information content (AvgIpc) is 3.43. The van der Waals surface area contributed by atoms with Gasteiger partial charge in [-0.3, -0.25) is 15.1 Å². The van der Waals surface area contributed by atoms with Gasteiger partial charge >= 0.3 is 0 Å². The molecule has 2 N–H and O–H groups in total. The van der Waals surface area contributed by atoms with Crippen LogP contribution in [0.3, 0.4) is 0 Å². The van der Waals surface area contributed by atoms with E-state index in [1.807, 2.05) is 48.8 Å². The number of para-hydroxylation sites is 2. The summed E-state index contributed by atoms with van der Waals surface area (Å²) >= 11 is 0. The quantitative estimate of drug-likeness (QED) is 0.407. The van der Waals surface area contributed by atoms with Crippen molar-refractivity contribution >= 4 is 21.9 Å². The molecule has 0 aliphatic carbocycles. The maximum absolute atomic E-state index is 4.72. The Kier molecular flexibility index (Phi) is 3.89. The highest BCUT2D eigenvalue weighted by Gasteiger charge is 2.15. The summed E-state index contributed by atoms with van der Waals surface area (Å²) in [6.07, 6.45) is 7.43. The zero-order valence-electron chi connectivity index (χ0n) is 16.8. The minimum Gasteiger partial charge on any atom is -0.337 e. The Balaban J connectivity index is 1.50. The molecule has 0 saturated heterocycles. The summed E-state index contributed by atoms with van der Waals surface area (Å²) in [6.45, 7) is 2.13. The van der Waals surface area contributed by atoms with Gasteiger partial charge in [0.15, 0.2) is 5.82 Å². The van der Waals surface area contributed by atoms with Gasteiger partial charge in [0.05, 0.1) is 16.6 Å². The molecule has 4 heterocycles. The lowest BCUT2D eigenvalue weighted by Crippen LogP contribution is -1.91. The van der Waals surface area contributed by atoms with Crippen molar-refractivity contribution in [1.82, 2.24) is 30.1 Å². The molecule has 0 unspecified atom stereocenters. The van der Waals surface area contributed by atoms with Crippen LogP contribution in [0.2, 0.25) is 0 Å². The topological polar surface area (TPSA) is 83.1 Å². The summed E-state index contributed by atoms with van der Waals surface area (Å²) in [4.78, 5) is 16.7. The Morgan fingerprint density at radius 3 is 2.42 bits per heavy atom. The first-order chi connectivity index (χ1) is 15.3. The molecule has 0 fully saturated rings. The van der Waals surface area contributed by atoms with Gasteiger partial charge in [0.1, 0.15) is 5.69 Å². The highest BCUT2D eigenvalue weighted by molar-refractivity contribution is 5.96. The lowest BCUT2D eigenvalue weighted by molar-refractivity contribution is 1.11. The molecule has 6 heteroatoms. The molecule has 0 bridgehead atoms. The van der Waals surface area contributed by atoms with Gasteiger partial charge in [-0.2, -0.15) is 5.10 Å².